The first-order valence-electron chi connectivity index (χ1n) is 12.4. The molecular weight excluding hydrogens is 450 g/mol. The fourth-order valence-electron chi connectivity index (χ4n) is 4.92. The molecule has 1 atom stereocenters. The number of nitrogens with two attached hydrogens (primary N) is 1. The van der Waals surface area contributed by atoms with Gasteiger partial charge < -0.3 is 30.6 Å². The smallest absolute Gasteiger partial charge is 0.338 e. The zero-order valence-corrected chi connectivity index (χ0v) is 19.8. The average molecular weight is 484 g/mol. The average Bonchev–Trinajstić information content (AvgIpc) is 3.33. The largest absolute Gasteiger partial charge is 0.462 e. The van der Waals surface area contributed by atoms with Crippen LogP contribution in [0.2, 0.25) is 0 Å². The summed E-state index contributed by atoms with van der Waals surface area (Å²) in [5.74, 6) is -0.00890. The molecule has 10 heteroatoms. The highest BCUT2D eigenvalue weighted by atomic mass is 16.6. The lowest BCUT2D eigenvalue weighted by Gasteiger charge is -2.38. The number of hydrazone groups is 1. The molecule has 10 nitrogen and oxygen atoms in total. The Balaban J connectivity index is 1.21. The van der Waals surface area contributed by atoms with Crippen LogP contribution in [-0.4, -0.2) is 66.6 Å². The Morgan fingerprint density at radius 2 is 1.86 bits per heavy atom. The predicted octanol–water partition coefficient (Wildman–Crippen LogP) is 1.32. The fourth-order valence-corrected chi connectivity index (χ4v) is 4.92. The first-order chi connectivity index (χ1) is 17.0. The topological polar surface area (TPSA) is 128 Å². The Hall–Kier alpha value is -2.95. The molecule has 1 amide bonds. The molecule has 0 aromatic heterocycles. The van der Waals surface area contributed by atoms with E-state index in [2.05, 4.69) is 15.7 Å². The monoisotopic (exact) mass is 483 g/mol. The van der Waals surface area contributed by atoms with E-state index in [-0.39, 0.29) is 25.1 Å². The maximum atomic E-state index is 13.2. The molecule has 5 rings (SSSR count). The highest BCUT2D eigenvalue weighted by molar-refractivity contribution is 6.02. The molecule has 0 bridgehead atoms. The Bertz CT molecular complexity index is 999. The maximum absolute atomic E-state index is 13.2. The summed E-state index contributed by atoms with van der Waals surface area (Å²) in [6.45, 7) is 1.40. The number of fused-ring (bicyclic) bond motifs is 1. The third kappa shape index (κ3) is 5.19. The molecule has 188 valence electrons. The number of benzene rings is 1. The van der Waals surface area contributed by atoms with Crippen LogP contribution in [0.4, 0.5) is 0 Å². The number of carbonyl (C=O) groups excluding carboxylic acids is 2. The van der Waals surface area contributed by atoms with Gasteiger partial charge in [-0.25, -0.2) is 4.79 Å². The molecule has 35 heavy (non-hydrogen) atoms. The van der Waals surface area contributed by atoms with Gasteiger partial charge >= 0.3 is 5.97 Å². The van der Waals surface area contributed by atoms with Crippen molar-refractivity contribution >= 4 is 17.7 Å². The van der Waals surface area contributed by atoms with Gasteiger partial charge in [-0.15, -0.1) is 5.10 Å². The molecule has 0 spiro atoms. The molecule has 1 aromatic carbocycles. The number of carbonyl (C=O) groups is 2. The molecule has 3 heterocycles. The number of rotatable bonds is 7. The van der Waals surface area contributed by atoms with Crippen molar-refractivity contribution in [3.63, 3.8) is 0 Å². The Kier molecular flexibility index (Phi) is 6.77. The summed E-state index contributed by atoms with van der Waals surface area (Å²) >= 11 is 0. The normalized spacial score (nSPS) is 25.0. The second kappa shape index (κ2) is 9.96. The van der Waals surface area contributed by atoms with Crippen LogP contribution >= 0.6 is 0 Å². The first-order valence-corrected chi connectivity index (χ1v) is 12.4. The summed E-state index contributed by atoms with van der Waals surface area (Å²) < 4.78 is 17.4. The minimum Gasteiger partial charge on any atom is -0.462 e. The minimum atomic E-state index is -1.03. The number of nitrogens with one attached hydrogen (secondary N) is 2. The van der Waals surface area contributed by atoms with Crippen LogP contribution in [0.5, 0.6) is 0 Å². The van der Waals surface area contributed by atoms with Gasteiger partial charge in [0, 0.05) is 30.6 Å². The van der Waals surface area contributed by atoms with Crippen LogP contribution in [0.25, 0.3) is 0 Å². The van der Waals surface area contributed by atoms with Gasteiger partial charge in [-0.2, -0.15) is 5.01 Å². The molecule has 0 radical (unpaired) electrons. The summed E-state index contributed by atoms with van der Waals surface area (Å²) in [5.41, 5.74) is 6.30. The van der Waals surface area contributed by atoms with E-state index >= 15 is 0 Å². The molecule has 1 saturated heterocycles. The van der Waals surface area contributed by atoms with Crippen molar-refractivity contribution in [2.24, 2.45) is 10.8 Å². The fraction of sp³-hybridized carbons (Fsp3) is 0.560. The number of esters is 1. The van der Waals surface area contributed by atoms with Gasteiger partial charge in [-0.3, -0.25) is 4.79 Å². The van der Waals surface area contributed by atoms with Crippen molar-refractivity contribution in [3.05, 3.63) is 47.7 Å². The van der Waals surface area contributed by atoms with Crippen molar-refractivity contribution < 1.29 is 23.8 Å². The summed E-state index contributed by atoms with van der Waals surface area (Å²) in [6.07, 6.45) is 6.26. The molecule has 4 N–H and O–H groups in total. The van der Waals surface area contributed by atoms with Crippen molar-refractivity contribution in [1.82, 2.24) is 15.6 Å². The van der Waals surface area contributed by atoms with E-state index in [1.807, 2.05) is 30.3 Å². The van der Waals surface area contributed by atoms with Crippen LogP contribution in [0.1, 0.15) is 50.5 Å². The zero-order chi connectivity index (χ0) is 24.3. The second-order valence-corrected chi connectivity index (χ2v) is 9.75. The van der Waals surface area contributed by atoms with E-state index in [1.165, 1.54) is 11.1 Å². The van der Waals surface area contributed by atoms with Gasteiger partial charge in [0.1, 0.15) is 6.61 Å². The van der Waals surface area contributed by atoms with Crippen LogP contribution in [0.3, 0.4) is 0 Å². The molecule has 1 aromatic rings. The number of nitrogens with zero attached hydrogens (tertiary/aromatic N) is 2. The third-order valence-corrected chi connectivity index (χ3v) is 7.14. The molecule has 1 aliphatic carbocycles. The standard InChI is InChI=1S/C25H33N5O5/c26-24(11-13-33-14-12-24)17-34-22(32)25(9-5-2-6-10-25)35-16-19-15-20(31)30-23(27-19)28-21(29-30)18-7-3-1-4-8-18/h1,3-4,7-8,15,23,27H,2,5-6,9-14,16-17,26H2,(H,28,29). The number of hydrogen-bond donors (Lipinski definition) is 3. The number of hydrogen-bond acceptors (Lipinski definition) is 9. The van der Waals surface area contributed by atoms with Gasteiger partial charge in [-0.05, 0) is 38.5 Å². The van der Waals surface area contributed by atoms with Gasteiger partial charge in [0.25, 0.3) is 5.91 Å². The number of amides is 1. The Labute approximate surface area is 204 Å². The van der Waals surface area contributed by atoms with Gasteiger partial charge in [-0.1, -0.05) is 36.8 Å². The van der Waals surface area contributed by atoms with Gasteiger partial charge in [0.2, 0.25) is 6.29 Å². The van der Waals surface area contributed by atoms with Crippen molar-refractivity contribution in [2.75, 3.05) is 26.4 Å². The van der Waals surface area contributed by atoms with Gasteiger partial charge in [0.05, 0.1) is 12.1 Å². The second-order valence-electron chi connectivity index (χ2n) is 9.75. The summed E-state index contributed by atoms with van der Waals surface area (Å²) in [4.78, 5) is 26.0. The van der Waals surface area contributed by atoms with E-state index in [9.17, 15) is 9.59 Å². The SMILES string of the molecule is NC1(COC(=O)C2(OCC3=CC(=O)N4N=C(c5ccccc5)NC4N3)CCCCC2)CCOCC1. The lowest BCUT2D eigenvalue weighted by atomic mass is 9.84. The summed E-state index contributed by atoms with van der Waals surface area (Å²) in [5, 5.41) is 12.3. The van der Waals surface area contributed by atoms with Gasteiger partial charge in [0.15, 0.2) is 11.4 Å². The summed E-state index contributed by atoms with van der Waals surface area (Å²) in [7, 11) is 0. The van der Waals surface area contributed by atoms with E-state index in [0.29, 0.717) is 50.4 Å². The molecular formula is C25H33N5O5. The van der Waals surface area contributed by atoms with Crippen molar-refractivity contribution in [2.45, 2.75) is 62.4 Å². The van der Waals surface area contributed by atoms with E-state index in [4.69, 9.17) is 19.9 Å². The number of ether oxygens (including phenoxy) is 3. The van der Waals surface area contributed by atoms with Crippen molar-refractivity contribution in [1.29, 1.82) is 0 Å². The molecule has 1 saturated carbocycles. The lowest BCUT2D eigenvalue weighted by molar-refractivity contribution is -0.179. The third-order valence-electron chi connectivity index (χ3n) is 7.14. The molecule has 1 unspecified atom stereocenters. The van der Waals surface area contributed by atoms with E-state index in [1.54, 1.807) is 0 Å². The molecule has 4 aliphatic rings. The highest BCUT2D eigenvalue weighted by Gasteiger charge is 2.44. The number of amidine groups is 1. The Morgan fingerprint density at radius 3 is 2.60 bits per heavy atom. The molecule has 3 aliphatic heterocycles. The van der Waals surface area contributed by atoms with Crippen molar-refractivity contribution in [3.8, 4) is 0 Å². The zero-order valence-electron chi connectivity index (χ0n) is 19.8. The first kappa shape index (κ1) is 23.8. The minimum absolute atomic E-state index is 0.0924. The molecule has 2 fully saturated rings. The predicted molar refractivity (Wildman–Crippen MR) is 128 cm³/mol. The van der Waals surface area contributed by atoms with E-state index in [0.717, 1.165) is 24.8 Å². The van der Waals surface area contributed by atoms with Crippen LogP contribution in [-0.2, 0) is 23.8 Å². The van der Waals surface area contributed by atoms with Crippen LogP contribution in [0, 0.1) is 0 Å². The maximum Gasteiger partial charge on any atom is 0.338 e. The Morgan fingerprint density at radius 1 is 1.11 bits per heavy atom. The van der Waals surface area contributed by atoms with Crippen LogP contribution < -0.4 is 16.4 Å². The highest BCUT2D eigenvalue weighted by Crippen LogP contribution is 2.34. The van der Waals surface area contributed by atoms with E-state index < -0.39 is 17.4 Å². The quantitative estimate of drug-likeness (QED) is 0.496. The van der Waals surface area contributed by atoms with Crippen LogP contribution in [0.15, 0.2) is 47.2 Å². The summed E-state index contributed by atoms with van der Waals surface area (Å²) in [6, 6.07) is 9.62. The lowest BCUT2D eigenvalue weighted by Crippen LogP contribution is -2.55.